The monoisotopic (exact) mass is 537 g/mol. The van der Waals surface area contributed by atoms with Gasteiger partial charge in [-0.25, -0.2) is 9.97 Å². The fraction of sp³-hybridized carbons (Fsp3) is 0. The topological polar surface area (TPSA) is 38.7 Å². The van der Waals surface area contributed by atoms with Crippen LogP contribution in [0.15, 0.2) is 153 Å². The summed E-state index contributed by atoms with van der Waals surface area (Å²) in [7, 11) is 0. The number of hydrogen-bond donors (Lipinski definition) is 0. The third-order valence-electron chi connectivity index (χ3n) is 7.70. The van der Waals surface area contributed by atoms with E-state index in [4.69, 9.17) is 9.97 Å². The van der Waals surface area contributed by atoms with Crippen molar-refractivity contribution in [3.63, 3.8) is 0 Å². The average molecular weight is 538 g/mol. The van der Waals surface area contributed by atoms with E-state index >= 15 is 0 Å². The molecule has 0 aliphatic rings. The van der Waals surface area contributed by atoms with Gasteiger partial charge in [0.2, 0.25) is 0 Å². The molecule has 7 aromatic rings. The Balaban J connectivity index is 1.61. The third-order valence-corrected chi connectivity index (χ3v) is 7.70. The molecule has 0 amide bonds. The molecule has 0 fully saturated rings. The van der Waals surface area contributed by atoms with E-state index in [9.17, 15) is 0 Å². The summed E-state index contributed by atoms with van der Waals surface area (Å²) in [6.45, 7) is 7.95. The lowest BCUT2D eigenvalue weighted by Crippen LogP contribution is -2.00. The minimum Gasteiger partial charge on any atom is -0.263 e. The van der Waals surface area contributed by atoms with Crippen LogP contribution in [-0.2, 0) is 0 Å². The Morgan fingerprint density at radius 1 is 0.595 bits per heavy atom. The minimum absolute atomic E-state index is 0.665. The molecule has 0 aliphatic carbocycles. The number of pyridine rings is 1. The summed E-state index contributed by atoms with van der Waals surface area (Å²) in [5, 5.41) is 6.72. The molecule has 7 rings (SSSR count). The van der Waals surface area contributed by atoms with Crippen LogP contribution < -0.4 is 0 Å². The highest BCUT2D eigenvalue weighted by molar-refractivity contribution is 6.22. The van der Waals surface area contributed by atoms with Crippen LogP contribution in [0.3, 0.4) is 0 Å². The molecule has 198 valence electrons. The molecule has 5 aromatic carbocycles. The van der Waals surface area contributed by atoms with E-state index < -0.39 is 0 Å². The number of aromatic nitrogens is 3. The lowest BCUT2D eigenvalue weighted by Gasteiger charge is -2.18. The van der Waals surface area contributed by atoms with Crippen molar-refractivity contribution in [3.8, 4) is 33.8 Å². The van der Waals surface area contributed by atoms with Gasteiger partial charge in [0.15, 0.2) is 5.82 Å². The quantitative estimate of drug-likeness (QED) is 0.156. The van der Waals surface area contributed by atoms with Crippen molar-refractivity contribution in [2.24, 2.45) is 0 Å². The van der Waals surface area contributed by atoms with Gasteiger partial charge >= 0.3 is 0 Å². The maximum absolute atomic E-state index is 5.19. The summed E-state index contributed by atoms with van der Waals surface area (Å²) >= 11 is 0. The van der Waals surface area contributed by atoms with Crippen LogP contribution in [0.25, 0.3) is 71.7 Å². The van der Waals surface area contributed by atoms with Gasteiger partial charge in [-0.1, -0.05) is 135 Å². The minimum atomic E-state index is 0.665. The lowest BCUT2D eigenvalue weighted by molar-refractivity contribution is 1.16. The van der Waals surface area contributed by atoms with E-state index in [2.05, 4.69) is 103 Å². The van der Waals surface area contributed by atoms with Crippen molar-refractivity contribution < 1.29 is 0 Å². The van der Waals surface area contributed by atoms with E-state index in [1.165, 1.54) is 5.39 Å². The van der Waals surface area contributed by atoms with Crippen LogP contribution in [0.5, 0.6) is 0 Å². The molecule has 0 unspecified atom stereocenters. The molecule has 3 nitrogen and oxygen atoms in total. The van der Waals surface area contributed by atoms with Crippen LogP contribution in [0, 0.1) is 0 Å². The van der Waals surface area contributed by atoms with Crippen LogP contribution in [0.1, 0.15) is 5.69 Å². The molecule has 0 saturated heterocycles. The van der Waals surface area contributed by atoms with E-state index in [-0.39, 0.29) is 0 Å². The average Bonchev–Trinajstić information content (AvgIpc) is 3.06. The first-order valence-electron chi connectivity index (χ1n) is 13.9. The first-order valence-corrected chi connectivity index (χ1v) is 13.9. The second-order valence-corrected chi connectivity index (χ2v) is 10.1. The van der Waals surface area contributed by atoms with Gasteiger partial charge in [-0.2, -0.15) is 0 Å². The highest BCUT2D eigenvalue weighted by Gasteiger charge is 2.20. The lowest BCUT2D eigenvalue weighted by atomic mass is 9.87. The molecule has 0 N–H and O–H groups in total. The van der Waals surface area contributed by atoms with Crippen LogP contribution >= 0.6 is 0 Å². The molecule has 0 bridgehead atoms. The fourth-order valence-corrected chi connectivity index (χ4v) is 5.82. The van der Waals surface area contributed by atoms with E-state index in [0.717, 1.165) is 66.1 Å². The second kappa shape index (κ2) is 10.7. The number of benzene rings is 5. The summed E-state index contributed by atoms with van der Waals surface area (Å²) < 4.78 is 0. The molecular formula is C39H27N3. The van der Waals surface area contributed by atoms with Crippen LogP contribution in [0.4, 0.5) is 0 Å². The summed E-state index contributed by atoms with van der Waals surface area (Å²) in [5.41, 5.74) is 6.82. The van der Waals surface area contributed by atoms with E-state index in [1.54, 1.807) is 6.08 Å². The number of allylic oxidation sites excluding steroid dienone is 4. The zero-order valence-electron chi connectivity index (χ0n) is 23.0. The summed E-state index contributed by atoms with van der Waals surface area (Å²) in [6, 6.07) is 37.8. The van der Waals surface area contributed by atoms with Gasteiger partial charge < -0.3 is 0 Å². The normalized spacial score (nSPS) is 11.7. The van der Waals surface area contributed by atoms with Gasteiger partial charge in [0.05, 0.1) is 11.4 Å². The first-order chi connectivity index (χ1) is 20.8. The number of rotatable bonds is 6. The van der Waals surface area contributed by atoms with Gasteiger partial charge in [0.25, 0.3) is 0 Å². The van der Waals surface area contributed by atoms with Crippen molar-refractivity contribution in [1.82, 2.24) is 15.0 Å². The molecule has 0 atom stereocenters. The van der Waals surface area contributed by atoms with E-state index in [0.29, 0.717) is 5.82 Å². The first kappa shape index (κ1) is 25.3. The Morgan fingerprint density at radius 3 is 1.83 bits per heavy atom. The van der Waals surface area contributed by atoms with Crippen molar-refractivity contribution >= 4 is 37.9 Å². The molecule has 0 spiro atoms. The fourth-order valence-electron chi connectivity index (χ4n) is 5.82. The second-order valence-electron chi connectivity index (χ2n) is 10.1. The zero-order chi connectivity index (χ0) is 28.5. The van der Waals surface area contributed by atoms with Gasteiger partial charge in [0.1, 0.15) is 0 Å². The molecule has 2 heterocycles. The van der Waals surface area contributed by atoms with Gasteiger partial charge in [-0.05, 0) is 44.1 Å². The predicted molar refractivity (Wildman–Crippen MR) is 177 cm³/mol. The number of nitrogens with zero attached hydrogens (tertiary/aromatic N) is 3. The molecule has 3 heteroatoms. The Morgan fingerprint density at radius 2 is 1.19 bits per heavy atom. The molecule has 0 aliphatic heterocycles. The van der Waals surface area contributed by atoms with Gasteiger partial charge in [0, 0.05) is 34.5 Å². The standard InChI is InChI=1S/C39H27N3/c1-3-14-26(4-2)35-23-36(27-15-6-5-7-16-27)42-39(41-35)38-32-21-12-10-19-30(32)37(31-20-11-13-22-33(31)38)34-25-40-24-28-17-8-9-18-29(28)34/h3-25H,1-2H2/b26-14+. The highest BCUT2D eigenvalue weighted by Crippen LogP contribution is 2.44. The van der Waals surface area contributed by atoms with Crippen molar-refractivity contribution in [1.29, 1.82) is 0 Å². The van der Waals surface area contributed by atoms with Gasteiger partial charge in [-0.15, -0.1) is 0 Å². The zero-order valence-corrected chi connectivity index (χ0v) is 23.0. The summed E-state index contributed by atoms with van der Waals surface area (Å²) in [4.78, 5) is 15.0. The van der Waals surface area contributed by atoms with Gasteiger partial charge in [-0.3, -0.25) is 4.98 Å². The third kappa shape index (κ3) is 4.29. The van der Waals surface area contributed by atoms with Crippen molar-refractivity contribution in [2.45, 2.75) is 0 Å². The smallest absolute Gasteiger partial charge is 0.161 e. The number of fused-ring (bicyclic) bond motifs is 3. The maximum atomic E-state index is 5.19. The molecule has 0 saturated carbocycles. The molecule has 2 aromatic heterocycles. The van der Waals surface area contributed by atoms with Crippen LogP contribution in [0.2, 0.25) is 0 Å². The summed E-state index contributed by atoms with van der Waals surface area (Å²) in [5.74, 6) is 0.665. The molecule has 0 radical (unpaired) electrons. The predicted octanol–water partition coefficient (Wildman–Crippen LogP) is 10.1. The molecular weight excluding hydrogens is 510 g/mol. The largest absolute Gasteiger partial charge is 0.263 e. The SMILES string of the molecule is C=C/C=C(\C=C)c1cc(-c2ccccc2)nc(-c2c3ccccc3c(-c3cncc4ccccc34)c3ccccc23)n1. The Kier molecular flexibility index (Phi) is 6.46. The Hall–Kier alpha value is -5.67. The van der Waals surface area contributed by atoms with Crippen molar-refractivity contribution in [2.75, 3.05) is 0 Å². The Bertz CT molecular complexity index is 2110. The van der Waals surface area contributed by atoms with E-state index in [1.807, 2.05) is 48.8 Å². The highest BCUT2D eigenvalue weighted by atomic mass is 14.9. The van der Waals surface area contributed by atoms with Crippen molar-refractivity contribution in [3.05, 3.63) is 159 Å². The Labute approximate surface area is 244 Å². The summed E-state index contributed by atoms with van der Waals surface area (Å²) in [6.07, 6.45) is 9.42. The maximum Gasteiger partial charge on any atom is 0.161 e. The molecule has 42 heavy (non-hydrogen) atoms. The number of hydrogen-bond acceptors (Lipinski definition) is 3. The van der Waals surface area contributed by atoms with Crippen LogP contribution in [-0.4, -0.2) is 15.0 Å².